The molecule has 0 unspecified atom stereocenters. The molecule has 0 bridgehead atoms. The van der Waals surface area contributed by atoms with Gasteiger partial charge in [-0.1, -0.05) is 30.3 Å². The van der Waals surface area contributed by atoms with E-state index in [1.807, 2.05) is 36.1 Å². The van der Waals surface area contributed by atoms with Crippen molar-refractivity contribution in [3.63, 3.8) is 0 Å². The number of pyridine rings is 1. The minimum Gasteiger partial charge on any atom is -0.368 e. The second kappa shape index (κ2) is 12.0. The van der Waals surface area contributed by atoms with Gasteiger partial charge in [0.1, 0.15) is 0 Å². The van der Waals surface area contributed by atoms with Gasteiger partial charge in [-0.15, -0.1) is 0 Å². The second-order valence-electron chi connectivity index (χ2n) is 9.92. The fourth-order valence-corrected chi connectivity index (χ4v) is 5.05. The fourth-order valence-electron chi connectivity index (χ4n) is 5.05. The molecular weight excluding hydrogens is 492 g/mol. The lowest BCUT2D eigenvalue weighted by Gasteiger charge is -2.26. The molecule has 1 aromatic heterocycles. The largest absolute Gasteiger partial charge is 0.368 e. The maximum atomic E-state index is 13.2. The summed E-state index contributed by atoms with van der Waals surface area (Å²) in [5.74, 6) is -0.116. The van der Waals surface area contributed by atoms with Gasteiger partial charge < -0.3 is 25.8 Å². The number of amides is 4. The monoisotopic (exact) mass is 526 g/mol. The molecule has 5 rings (SSSR count). The van der Waals surface area contributed by atoms with Gasteiger partial charge in [-0.2, -0.15) is 0 Å². The van der Waals surface area contributed by atoms with E-state index in [1.54, 1.807) is 36.7 Å². The van der Waals surface area contributed by atoms with Gasteiger partial charge >= 0.3 is 6.03 Å². The number of nitrogens with one attached hydrogen (secondary N) is 3. The van der Waals surface area contributed by atoms with Gasteiger partial charge in [0, 0.05) is 68.2 Å². The molecular formula is C30H34N6O3. The van der Waals surface area contributed by atoms with E-state index in [9.17, 15) is 14.4 Å². The number of carbonyl (C=O) groups is 3. The van der Waals surface area contributed by atoms with Crippen LogP contribution in [0.1, 0.15) is 52.0 Å². The third kappa shape index (κ3) is 6.37. The number of aromatic nitrogens is 1. The molecule has 1 saturated carbocycles. The minimum absolute atomic E-state index is 0.0635. The molecule has 3 aromatic rings. The predicted octanol–water partition coefficient (Wildman–Crippen LogP) is 3.86. The number of hydrogen-bond acceptors (Lipinski definition) is 5. The molecule has 9 nitrogen and oxygen atoms in total. The molecule has 0 spiro atoms. The lowest BCUT2D eigenvalue weighted by atomic mass is 10.1. The van der Waals surface area contributed by atoms with Crippen molar-refractivity contribution < 1.29 is 14.4 Å². The van der Waals surface area contributed by atoms with E-state index in [1.165, 1.54) is 5.56 Å². The van der Waals surface area contributed by atoms with Crippen LogP contribution in [0.4, 0.5) is 16.2 Å². The molecule has 1 aliphatic heterocycles. The highest BCUT2D eigenvalue weighted by Crippen LogP contribution is 2.41. The molecule has 2 atom stereocenters. The van der Waals surface area contributed by atoms with E-state index in [0.717, 1.165) is 25.1 Å². The number of carbonyl (C=O) groups excluding carboxylic acids is 3. The molecule has 2 fully saturated rings. The van der Waals surface area contributed by atoms with Crippen molar-refractivity contribution >= 4 is 29.2 Å². The third-order valence-electron chi connectivity index (χ3n) is 7.24. The first-order valence-corrected chi connectivity index (χ1v) is 13.5. The smallest absolute Gasteiger partial charge is 0.317 e. The first-order valence-electron chi connectivity index (χ1n) is 13.5. The quantitative estimate of drug-likeness (QED) is 0.434. The van der Waals surface area contributed by atoms with Crippen molar-refractivity contribution in [3.05, 3.63) is 89.7 Å². The van der Waals surface area contributed by atoms with Crippen LogP contribution in [0.2, 0.25) is 0 Å². The fraction of sp³-hybridized carbons (Fsp3) is 0.333. The molecule has 4 amide bonds. The first kappa shape index (κ1) is 26.2. The van der Waals surface area contributed by atoms with E-state index < -0.39 is 0 Å². The van der Waals surface area contributed by atoms with E-state index >= 15 is 0 Å². The van der Waals surface area contributed by atoms with Crippen LogP contribution < -0.4 is 20.9 Å². The SMILES string of the molecule is CCNC(=O)N1CCCN(c2ccc(C(=O)N[C@H]3C[C@@H]3c3ccccc3)cc2NC(=O)c2ccncc2)CC1. The van der Waals surface area contributed by atoms with Crippen LogP contribution in [0.15, 0.2) is 73.1 Å². The number of nitrogens with zero attached hydrogens (tertiary/aromatic N) is 3. The molecule has 9 heteroatoms. The zero-order chi connectivity index (χ0) is 27.2. The van der Waals surface area contributed by atoms with Crippen molar-refractivity contribution in [2.45, 2.75) is 31.7 Å². The van der Waals surface area contributed by atoms with Gasteiger partial charge in [0.05, 0.1) is 11.4 Å². The maximum Gasteiger partial charge on any atom is 0.317 e. The molecule has 202 valence electrons. The summed E-state index contributed by atoms with van der Waals surface area (Å²) in [5.41, 5.74) is 3.58. The molecule has 3 N–H and O–H groups in total. The van der Waals surface area contributed by atoms with Crippen LogP contribution in [0.3, 0.4) is 0 Å². The summed E-state index contributed by atoms with van der Waals surface area (Å²) >= 11 is 0. The minimum atomic E-state index is -0.277. The first-order chi connectivity index (χ1) is 19.0. The van der Waals surface area contributed by atoms with Gasteiger partial charge in [-0.3, -0.25) is 14.6 Å². The number of hydrogen-bond donors (Lipinski definition) is 3. The molecule has 2 aromatic carbocycles. The van der Waals surface area contributed by atoms with E-state index in [2.05, 4.69) is 38.0 Å². The second-order valence-corrected chi connectivity index (χ2v) is 9.92. The highest BCUT2D eigenvalue weighted by Gasteiger charge is 2.39. The van der Waals surface area contributed by atoms with Crippen LogP contribution in [0.5, 0.6) is 0 Å². The van der Waals surface area contributed by atoms with Crippen LogP contribution in [-0.2, 0) is 0 Å². The average Bonchev–Trinajstić information content (AvgIpc) is 3.77. The molecule has 2 aliphatic rings. The summed E-state index contributed by atoms with van der Waals surface area (Å²) in [7, 11) is 0. The van der Waals surface area contributed by atoms with Crippen molar-refractivity contribution in [2.75, 3.05) is 42.9 Å². The summed E-state index contributed by atoms with van der Waals surface area (Å²) in [4.78, 5) is 46.6. The average molecular weight is 527 g/mol. The van der Waals surface area contributed by atoms with E-state index in [0.29, 0.717) is 48.9 Å². The Balaban J connectivity index is 1.35. The van der Waals surface area contributed by atoms with Gasteiger partial charge in [0.25, 0.3) is 11.8 Å². The Morgan fingerprint density at radius 2 is 1.69 bits per heavy atom. The summed E-state index contributed by atoms with van der Waals surface area (Å²) in [6, 6.07) is 19.0. The zero-order valence-electron chi connectivity index (χ0n) is 22.1. The van der Waals surface area contributed by atoms with Crippen molar-refractivity contribution in [1.82, 2.24) is 20.5 Å². The van der Waals surface area contributed by atoms with Crippen LogP contribution in [-0.4, -0.2) is 66.5 Å². The maximum absolute atomic E-state index is 13.2. The lowest BCUT2D eigenvalue weighted by Crippen LogP contribution is -2.42. The molecule has 1 saturated heterocycles. The van der Waals surface area contributed by atoms with E-state index in [4.69, 9.17) is 0 Å². The predicted molar refractivity (Wildman–Crippen MR) is 151 cm³/mol. The molecule has 1 aliphatic carbocycles. The molecule has 0 radical (unpaired) electrons. The number of rotatable bonds is 7. The van der Waals surface area contributed by atoms with Gasteiger partial charge in [0.2, 0.25) is 0 Å². The van der Waals surface area contributed by atoms with Crippen LogP contribution >= 0.6 is 0 Å². The van der Waals surface area contributed by atoms with Crippen LogP contribution in [0, 0.1) is 0 Å². The van der Waals surface area contributed by atoms with E-state index in [-0.39, 0.29) is 23.9 Å². The lowest BCUT2D eigenvalue weighted by molar-refractivity contribution is 0.0949. The molecule has 39 heavy (non-hydrogen) atoms. The number of benzene rings is 2. The zero-order valence-corrected chi connectivity index (χ0v) is 22.1. The summed E-state index contributed by atoms with van der Waals surface area (Å²) in [5, 5.41) is 9.03. The Labute approximate surface area is 228 Å². The Morgan fingerprint density at radius 3 is 2.46 bits per heavy atom. The van der Waals surface area contributed by atoms with Gasteiger partial charge in [0.15, 0.2) is 0 Å². The Hall–Kier alpha value is -4.40. The summed E-state index contributed by atoms with van der Waals surface area (Å²) in [6.07, 6.45) is 4.85. The van der Waals surface area contributed by atoms with Gasteiger partial charge in [-0.25, -0.2) is 4.79 Å². The number of anilines is 2. The highest BCUT2D eigenvalue weighted by molar-refractivity contribution is 6.07. The Kier molecular flexibility index (Phi) is 8.05. The van der Waals surface area contributed by atoms with Crippen LogP contribution in [0.25, 0.3) is 0 Å². The summed E-state index contributed by atoms with van der Waals surface area (Å²) < 4.78 is 0. The van der Waals surface area contributed by atoms with Crippen molar-refractivity contribution in [2.24, 2.45) is 0 Å². The highest BCUT2D eigenvalue weighted by atomic mass is 16.2. The Morgan fingerprint density at radius 1 is 0.897 bits per heavy atom. The summed E-state index contributed by atoms with van der Waals surface area (Å²) in [6.45, 7) is 5.05. The standard InChI is InChI=1S/C30H34N6O3/c1-2-32-30(39)36-16-6-15-35(17-18-36)27-10-9-23(19-26(27)34-28(37)22-11-13-31-14-12-22)29(38)33-25-20-24(25)21-7-4-3-5-8-21/h3-5,7-14,19,24-25H,2,6,15-18,20H2,1H3,(H,32,39)(H,33,38)(H,34,37)/t24-,25+/m1/s1. The number of urea groups is 1. The topological polar surface area (TPSA) is 107 Å². The third-order valence-corrected chi connectivity index (χ3v) is 7.24. The normalized spacial score (nSPS) is 18.6. The Bertz CT molecular complexity index is 1320. The van der Waals surface area contributed by atoms with Crippen molar-refractivity contribution in [3.8, 4) is 0 Å². The van der Waals surface area contributed by atoms with Crippen molar-refractivity contribution in [1.29, 1.82) is 0 Å². The molecule has 2 heterocycles. The van der Waals surface area contributed by atoms with Gasteiger partial charge in [-0.05, 0) is 55.7 Å².